The highest BCUT2D eigenvalue weighted by Gasteiger charge is 2.21. The van der Waals surface area contributed by atoms with Gasteiger partial charge >= 0.3 is 0 Å². The molecule has 2 heteroatoms. The Labute approximate surface area is 111 Å². The van der Waals surface area contributed by atoms with Crippen molar-refractivity contribution in [3.05, 3.63) is 35.4 Å². The van der Waals surface area contributed by atoms with E-state index in [4.69, 9.17) is 0 Å². The quantitative estimate of drug-likeness (QED) is 0.882. The number of nitrogens with zero attached hydrogens (tertiary/aromatic N) is 1. The smallest absolute Gasteiger partial charge is 0.0237 e. The van der Waals surface area contributed by atoms with Gasteiger partial charge in [-0.2, -0.15) is 0 Å². The second-order valence-electron chi connectivity index (χ2n) is 5.98. The molecule has 0 spiro atoms. The Morgan fingerprint density at radius 2 is 1.89 bits per heavy atom. The van der Waals surface area contributed by atoms with Gasteiger partial charge in [-0.25, -0.2) is 0 Å². The van der Waals surface area contributed by atoms with Crippen molar-refractivity contribution in [2.45, 2.75) is 52.2 Å². The van der Waals surface area contributed by atoms with E-state index in [1.165, 1.54) is 11.1 Å². The molecule has 1 aliphatic heterocycles. The Hall–Kier alpha value is -0.860. The number of nitrogens with one attached hydrogen (secondary N) is 1. The first kappa shape index (κ1) is 13.6. The molecule has 0 amide bonds. The monoisotopic (exact) mass is 246 g/mol. The normalized spacial score (nSPS) is 25.6. The van der Waals surface area contributed by atoms with Crippen LogP contribution < -0.4 is 5.32 Å². The van der Waals surface area contributed by atoms with Crippen molar-refractivity contribution in [3.8, 4) is 0 Å². The molecule has 0 aromatic heterocycles. The molecular formula is C16H26N2. The highest BCUT2D eigenvalue weighted by Crippen LogP contribution is 2.17. The summed E-state index contributed by atoms with van der Waals surface area (Å²) in [6.45, 7) is 12.4. The van der Waals surface area contributed by atoms with Gasteiger partial charge in [0, 0.05) is 31.7 Å². The molecule has 1 aromatic carbocycles. The Morgan fingerprint density at radius 3 is 2.50 bits per heavy atom. The summed E-state index contributed by atoms with van der Waals surface area (Å²) in [4.78, 5) is 2.57. The number of rotatable bonds is 3. The number of hydrogen-bond donors (Lipinski definition) is 1. The van der Waals surface area contributed by atoms with Crippen LogP contribution >= 0.6 is 0 Å². The van der Waals surface area contributed by atoms with Crippen LogP contribution in [-0.2, 0) is 6.54 Å². The molecule has 0 saturated carbocycles. The van der Waals surface area contributed by atoms with Crippen LogP contribution in [0.2, 0.25) is 0 Å². The molecule has 18 heavy (non-hydrogen) atoms. The minimum absolute atomic E-state index is 0.608. The van der Waals surface area contributed by atoms with Crippen molar-refractivity contribution in [1.82, 2.24) is 10.2 Å². The van der Waals surface area contributed by atoms with Gasteiger partial charge in [-0.15, -0.1) is 0 Å². The predicted molar refractivity (Wildman–Crippen MR) is 77.9 cm³/mol. The first-order chi connectivity index (χ1) is 8.56. The summed E-state index contributed by atoms with van der Waals surface area (Å²) in [7, 11) is 0. The molecule has 2 rings (SSSR count). The van der Waals surface area contributed by atoms with Gasteiger partial charge in [-0.3, -0.25) is 4.90 Å². The summed E-state index contributed by atoms with van der Waals surface area (Å²) in [5, 5.41) is 3.53. The fraction of sp³-hybridized carbons (Fsp3) is 0.625. The van der Waals surface area contributed by atoms with E-state index in [-0.39, 0.29) is 0 Å². The van der Waals surface area contributed by atoms with Crippen LogP contribution in [0.4, 0.5) is 0 Å². The Morgan fingerprint density at radius 1 is 1.22 bits per heavy atom. The molecule has 1 aliphatic rings. The molecule has 1 fully saturated rings. The first-order valence-electron chi connectivity index (χ1n) is 7.12. The van der Waals surface area contributed by atoms with Gasteiger partial charge < -0.3 is 5.32 Å². The summed E-state index contributed by atoms with van der Waals surface area (Å²) in [6, 6.07) is 10.4. The van der Waals surface area contributed by atoms with Crippen LogP contribution in [0.25, 0.3) is 0 Å². The van der Waals surface area contributed by atoms with Crippen LogP contribution in [0.5, 0.6) is 0 Å². The van der Waals surface area contributed by atoms with Crippen molar-refractivity contribution in [1.29, 1.82) is 0 Å². The zero-order valence-electron chi connectivity index (χ0n) is 12.1. The molecule has 1 aromatic rings. The van der Waals surface area contributed by atoms with Gasteiger partial charge in [0.1, 0.15) is 0 Å². The van der Waals surface area contributed by atoms with Crippen LogP contribution in [0.1, 0.15) is 44.7 Å². The summed E-state index contributed by atoms with van der Waals surface area (Å²) < 4.78 is 0. The zero-order chi connectivity index (χ0) is 13.1. The van der Waals surface area contributed by atoms with Crippen molar-refractivity contribution >= 4 is 0 Å². The number of hydrogen-bond acceptors (Lipinski definition) is 2. The largest absolute Gasteiger partial charge is 0.311 e. The highest BCUT2D eigenvalue weighted by atomic mass is 15.2. The first-order valence-corrected chi connectivity index (χ1v) is 7.12. The van der Waals surface area contributed by atoms with Crippen LogP contribution in [0, 0.1) is 0 Å². The molecule has 0 radical (unpaired) electrons. The summed E-state index contributed by atoms with van der Waals surface area (Å²) >= 11 is 0. The predicted octanol–water partition coefficient (Wildman–Crippen LogP) is 2.99. The van der Waals surface area contributed by atoms with Crippen molar-refractivity contribution < 1.29 is 0 Å². The minimum atomic E-state index is 0.608. The van der Waals surface area contributed by atoms with Gasteiger partial charge in [0.05, 0.1) is 0 Å². The van der Waals surface area contributed by atoms with E-state index in [0.717, 1.165) is 19.6 Å². The molecule has 0 bridgehead atoms. The Bertz CT molecular complexity index is 369. The van der Waals surface area contributed by atoms with E-state index in [9.17, 15) is 0 Å². The number of benzene rings is 1. The van der Waals surface area contributed by atoms with E-state index in [1.807, 2.05) is 0 Å². The zero-order valence-corrected chi connectivity index (χ0v) is 12.1. The maximum absolute atomic E-state index is 3.53. The van der Waals surface area contributed by atoms with Crippen molar-refractivity contribution in [2.75, 3.05) is 13.1 Å². The summed E-state index contributed by atoms with van der Waals surface area (Å²) in [5.41, 5.74) is 2.86. The highest BCUT2D eigenvalue weighted by molar-refractivity contribution is 5.24. The summed E-state index contributed by atoms with van der Waals surface area (Å²) in [5.74, 6) is 0.622. The number of piperazine rings is 1. The third kappa shape index (κ3) is 3.33. The van der Waals surface area contributed by atoms with Gasteiger partial charge in [0.25, 0.3) is 0 Å². The van der Waals surface area contributed by atoms with E-state index in [0.29, 0.717) is 18.0 Å². The SMILES string of the molecule is CC1CN(Cc2ccc(C(C)C)cc2)C(C)CN1. The van der Waals surface area contributed by atoms with E-state index >= 15 is 0 Å². The standard InChI is InChI=1S/C16H26N2/c1-12(2)16-7-5-15(6-8-16)11-18-10-13(3)17-9-14(18)4/h5-8,12-14,17H,9-11H2,1-4H3. The fourth-order valence-corrected chi connectivity index (χ4v) is 2.56. The fourth-order valence-electron chi connectivity index (χ4n) is 2.56. The molecule has 2 atom stereocenters. The lowest BCUT2D eigenvalue weighted by atomic mass is 10.0. The third-order valence-corrected chi connectivity index (χ3v) is 3.93. The Balaban J connectivity index is 1.99. The lowest BCUT2D eigenvalue weighted by Crippen LogP contribution is -2.53. The summed E-state index contributed by atoms with van der Waals surface area (Å²) in [6.07, 6.45) is 0. The molecule has 2 unspecified atom stereocenters. The van der Waals surface area contributed by atoms with E-state index in [1.54, 1.807) is 0 Å². The van der Waals surface area contributed by atoms with Gasteiger partial charge in [0.2, 0.25) is 0 Å². The van der Waals surface area contributed by atoms with Gasteiger partial charge in [0.15, 0.2) is 0 Å². The molecule has 2 nitrogen and oxygen atoms in total. The molecule has 1 N–H and O–H groups in total. The molecular weight excluding hydrogens is 220 g/mol. The second kappa shape index (κ2) is 5.85. The van der Waals surface area contributed by atoms with Crippen LogP contribution in [0.15, 0.2) is 24.3 Å². The van der Waals surface area contributed by atoms with E-state index < -0.39 is 0 Å². The lowest BCUT2D eigenvalue weighted by Gasteiger charge is -2.37. The van der Waals surface area contributed by atoms with Crippen LogP contribution in [0.3, 0.4) is 0 Å². The molecule has 0 aliphatic carbocycles. The minimum Gasteiger partial charge on any atom is -0.311 e. The molecule has 1 heterocycles. The van der Waals surface area contributed by atoms with Gasteiger partial charge in [-0.1, -0.05) is 38.1 Å². The lowest BCUT2D eigenvalue weighted by molar-refractivity contribution is 0.139. The topological polar surface area (TPSA) is 15.3 Å². The average Bonchev–Trinajstić information content (AvgIpc) is 2.34. The van der Waals surface area contributed by atoms with E-state index in [2.05, 4.69) is 62.2 Å². The average molecular weight is 246 g/mol. The molecule has 1 saturated heterocycles. The van der Waals surface area contributed by atoms with Crippen LogP contribution in [-0.4, -0.2) is 30.1 Å². The van der Waals surface area contributed by atoms with Crippen molar-refractivity contribution in [3.63, 3.8) is 0 Å². The second-order valence-corrected chi connectivity index (χ2v) is 5.98. The Kier molecular flexibility index (Phi) is 4.41. The van der Waals surface area contributed by atoms with Gasteiger partial charge in [-0.05, 0) is 30.9 Å². The third-order valence-electron chi connectivity index (χ3n) is 3.93. The van der Waals surface area contributed by atoms with Crippen molar-refractivity contribution in [2.24, 2.45) is 0 Å². The molecule has 100 valence electrons. The maximum Gasteiger partial charge on any atom is 0.0237 e. The maximum atomic E-state index is 3.53.